The number of benzene rings is 1. The van der Waals surface area contributed by atoms with E-state index in [1.54, 1.807) is 23.5 Å². The van der Waals surface area contributed by atoms with Gasteiger partial charge in [-0.2, -0.15) is 0 Å². The summed E-state index contributed by atoms with van der Waals surface area (Å²) in [5.74, 6) is 0.313. The average Bonchev–Trinajstić information content (AvgIpc) is 3.03. The third-order valence-corrected chi connectivity index (χ3v) is 6.91. The van der Waals surface area contributed by atoms with Crippen LogP contribution in [0.3, 0.4) is 0 Å². The number of thiophene rings is 1. The number of H-pyrrole nitrogens is 1. The quantitative estimate of drug-likeness (QED) is 0.491. The topological polar surface area (TPSA) is 74.8 Å². The molecule has 0 radical (unpaired) electrons. The molecule has 5 nitrogen and oxygen atoms in total. The smallest absolute Gasteiger partial charge is 0.260 e. The minimum atomic E-state index is -0.305. The minimum absolute atomic E-state index is 0.119. The fourth-order valence-corrected chi connectivity index (χ4v) is 5.52. The average molecular weight is 418 g/mol. The first kappa shape index (κ1) is 19.1. The molecule has 4 rings (SSSR count). The zero-order chi connectivity index (χ0) is 19.7. The van der Waals surface area contributed by atoms with E-state index in [1.165, 1.54) is 28.8 Å². The van der Waals surface area contributed by atoms with Crippen molar-refractivity contribution < 1.29 is 9.18 Å². The van der Waals surface area contributed by atoms with Gasteiger partial charge in [-0.05, 0) is 48.4 Å². The fraction of sp³-hybridized carbons (Fsp3) is 0.350. The van der Waals surface area contributed by atoms with Gasteiger partial charge in [0.2, 0.25) is 5.91 Å². The van der Waals surface area contributed by atoms with Crippen LogP contribution >= 0.6 is 23.1 Å². The molecule has 0 aliphatic heterocycles. The lowest BCUT2D eigenvalue weighted by molar-refractivity contribution is -0.118. The van der Waals surface area contributed by atoms with Crippen molar-refractivity contribution in [1.82, 2.24) is 15.3 Å². The van der Waals surface area contributed by atoms with Gasteiger partial charge in [0.25, 0.3) is 5.56 Å². The predicted octanol–water partition coefficient (Wildman–Crippen LogP) is 3.66. The van der Waals surface area contributed by atoms with E-state index in [-0.39, 0.29) is 23.0 Å². The second-order valence-electron chi connectivity index (χ2n) is 7.09. The molecule has 28 heavy (non-hydrogen) atoms. The summed E-state index contributed by atoms with van der Waals surface area (Å²) in [6, 6.07) is 5.99. The lowest BCUT2D eigenvalue weighted by atomic mass is 9.89. The number of hydrogen-bond donors (Lipinski definition) is 2. The number of carbonyl (C=O) groups excluding carboxylic acids is 1. The molecule has 2 N–H and O–H groups in total. The number of fused-ring (bicyclic) bond motifs is 3. The van der Waals surface area contributed by atoms with Crippen LogP contribution in [0.1, 0.15) is 29.3 Å². The molecule has 0 saturated carbocycles. The molecule has 0 spiro atoms. The van der Waals surface area contributed by atoms with Crippen molar-refractivity contribution in [3.8, 4) is 0 Å². The number of rotatable bonds is 5. The number of aromatic nitrogens is 2. The molecule has 0 unspecified atom stereocenters. The second kappa shape index (κ2) is 8.05. The van der Waals surface area contributed by atoms with E-state index in [2.05, 4.69) is 22.2 Å². The summed E-state index contributed by atoms with van der Waals surface area (Å²) in [6.45, 7) is 2.56. The standard InChI is InChI=1S/C20H20FN3O2S2/c1-11-2-7-14-15(8-11)28-19-17(14)18(26)23-20(24-19)27-10-16(25)22-9-12-3-5-13(21)6-4-12/h3-6,11H,2,7-10H2,1H3,(H,22,25)(H,23,24,26)/t11-/m0/s1. The molecule has 146 valence electrons. The lowest BCUT2D eigenvalue weighted by Crippen LogP contribution is -2.24. The Kier molecular flexibility index (Phi) is 5.50. The van der Waals surface area contributed by atoms with E-state index >= 15 is 0 Å². The second-order valence-corrected chi connectivity index (χ2v) is 9.14. The van der Waals surface area contributed by atoms with Gasteiger partial charge in [-0.25, -0.2) is 9.37 Å². The predicted molar refractivity (Wildman–Crippen MR) is 110 cm³/mol. The molecule has 0 bridgehead atoms. The molecular weight excluding hydrogens is 397 g/mol. The zero-order valence-electron chi connectivity index (χ0n) is 15.4. The molecule has 2 heterocycles. The van der Waals surface area contributed by atoms with Gasteiger partial charge in [0.1, 0.15) is 10.6 Å². The van der Waals surface area contributed by atoms with Crippen LogP contribution in [0, 0.1) is 11.7 Å². The third kappa shape index (κ3) is 4.12. The van der Waals surface area contributed by atoms with Gasteiger partial charge in [0, 0.05) is 11.4 Å². The van der Waals surface area contributed by atoms with Crippen LogP contribution in [-0.4, -0.2) is 21.6 Å². The van der Waals surface area contributed by atoms with E-state index in [0.717, 1.165) is 40.6 Å². The Labute approximate surface area is 169 Å². The number of nitrogens with zero attached hydrogens (tertiary/aromatic N) is 1. The number of thioether (sulfide) groups is 1. The summed E-state index contributed by atoms with van der Waals surface area (Å²) >= 11 is 2.81. The van der Waals surface area contributed by atoms with Crippen molar-refractivity contribution in [2.45, 2.75) is 37.9 Å². The Morgan fingerprint density at radius 2 is 2.18 bits per heavy atom. The van der Waals surface area contributed by atoms with Crippen LogP contribution in [0.4, 0.5) is 4.39 Å². The first-order chi connectivity index (χ1) is 13.5. The van der Waals surface area contributed by atoms with E-state index < -0.39 is 0 Å². The Morgan fingerprint density at radius 1 is 1.39 bits per heavy atom. The molecule has 0 saturated heterocycles. The monoisotopic (exact) mass is 417 g/mol. The van der Waals surface area contributed by atoms with Crippen molar-refractivity contribution >= 4 is 39.2 Å². The highest BCUT2D eigenvalue weighted by atomic mass is 32.2. The number of carbonyl (C=O) groups is 1. The highest BCUT2D eigenvalue weighted by molar-refractivity contribution is 7.99. The Balaban J connectivity index is 1.41. The van der Waals surface area contributed by atoms with Gasteiger partial charge in [0.05, 0.1) is 11.1 Å². The zero-order valence-corrected chi connectivity index (χ0v) is 17.0. The SMILES string of the molecule is C[C@H]1CCc2c(sc3nc(SCC(=O)NCc4ccc(F)cc4)[nH]c(=O)c23)C1. The number of halogens is 1. The summed E-state index contributed by atoms with van der Waals surface area (Å²) in [6.07, 6.45) is 3.03. The van der Waals surface area contributed by atoms with Crippen molar-refractivity contribution in [3.05, 3.63) is 56.4 Å². The van der Waals surface area contributed by atoms with Gasteiger partial charge in [0.15, 0.2) is 5.16 Å². The lowest BCUT2D eigenvalue weighted by Gasteiger charge is -2.17. The number of amides is 1. The number of aryl methyl sites for hydroxylation is 1. The van der Waals surface area contributed by atoms with Crippen LogP contribution in [-0.2, 0) is 24.2 Å². The highest BCUT2D eigenvalue weighted by Gasteiger charge is 2.23. The first-order valence-corrected chi connectivity index (χ1v) is 11.0. The third-order valence-electron chi connectivity index (χ3n) is 4.89. The Morgan fingerprint density at radius 3 is 2.96 bits per heavy atom. The van der Waals surface area contributed by atoms with E-state index in [4.69, 9.17) is 0 Å². The van der Waals surface area contributed by atoms with Crippen molar-refractivity contribution in [2.24, 2.45) is 5.92 Å². The molecule has 3 aromatic rings. The normalized spacial score (nSPS) is 16.1. The number of hydrogen-bond acceptors (Lipinski definition) is 5. The van der Waals surface area contributed by atoms with Gasteiger partial charge in [-0.1, -0.05) is 30.8 Å². The van der Waals surface area contributed by atoms with Crippen molar-refractivity contribution in [2.75, 3.05) is 5.75 Å². The summed E-state index contributed by atoms with van der Waals surface area (Å²) in [5, 5.41) is 3.96. The Hall–Kier alpha value is -2.19. The molecule has 1 aliphatic rings. The maximum absolute atomic E-state index is 12.9. The molecular formula is C20H20FN3O2S2. The summed E-state index contributed by atoms with van der Waals surface area (Å²) in [5.41, 5.74) is 1.86. The van der Waals surface area contributed by atoms with Crippen LogP contribution < -0.4 is 10.9 Å². The van der Waals surface area contributed by atoms with Crippen LogP contribution in [0.15, 0.2) is 34.2 Å². The van der Waals surface area contributed by atoms with Gasteiger partial charge in [-0.3, -0.25) is 9.59 Å². The van der Waals surface area contributed by atoms with Crippen LogP contribution in [0.25, 0.3) is 10.2 Å². The summed E-state index contributed by atoms with van der Waals surface area (Å²) < 4.78 is 12.9. The van der Waals surface area contributed by atoms with E-state index in [1.807, 2.05) is 0 Å². The molecule has 2 aromatic heterocycles. The van der Waals surface area contributed by atoms with Crippen LogP contribution in [0.5, 0.6) is 0 Å². The van der Waals surface area contributed by atoms with Crippen LogP contribution in [0.2, 0.25) is 0 Å². The largest absolute Gasteiger partial charge is 0.351 e. The molecule has 1 aliphatic carbocycles. The van der Waals surface area contributed by atoms with Gasteiger partial charge >= 0.3 is 0 Å². The van der Waals surface area contributed by atoms with Gasteiger partial charge < -0.3 is 10.3 Å². The minimum Gasteiger partial charge on any atom is -0.351 e. The van der Waals surface area contributed by atoms with Crippen molar-refractivity contribution in [1.29, 1.82) is 0 Å². The number of nitrogens with one attached hydrogen (secondary N) is 2. The van der Waals surface area contributed by atoms with E-state index in [9.17, 15) is 14.0 Å². The summed E-state index contributed by atoms with van der Waals surface area (Å²) in [7, 11) is 0. The maximum atomic E-state index is 12.9. The molecule has 8 heteroatoms. The van der Waals surface area contributed by atoms with Crippen molar-refractivity contribution in [3.63, 3.8) is 0 Å². The molecule has 1 amide bonds. The molecule has 0 fully saturated rings. The van der Waals surface area contributed by atoms with Gasteiger partial charge in [-0.15, -0.1) is 11.3 Å². The first-order valence-electron chi connectivity index (χ1n) is 9.18. The molecule has 1 aromatic carbocycles. The van der Waals surface area contributed by atoms with E-state index in [0.29, 0.717) is 17.6 Å². The fourth-order valence-electron chi connectivity index (χ4n) is 3.39. The Bertz CT molecular complexity index is 1080. The number of aromatic amines is 1. The molecule has 1 atom stereocenters. The summed E-state index contributed by atoms with van der Waals surface area (Å²) in [4.78, 5) is 34.1. The maximum Gasteiger partial charge on any atom is 0.260 e. The highest BCUT2D eigenvalue weighted by Crippen LogP contribution is 2.36.